The second kappa shape index (κ2) is 7.46. The molecule has 1 amide bonds. The number of likely N-dealkylation sites (tertiary alicyclic amines) is 1. The van der Waals surface area contributed by atoms with Gasteiger partial charge in [-0.3, -0.25) is 9.78 Å². The second-order valence-electron chi connectivity index (χ2n) is 7.83. The Balaban J connectivity index is 1.39. The normalized spacial score (nSPS) is 20.6. The monoisotopic (exact) mass is 404 g/mol. The van der Waals surface area contributed by atoms with Crippen molar-refractivity contribution in [3.05, 3.63) is 71.3 Å². The van der Waals surface area contributed by atoms with E-state index >= 15 is 0 Å². The van der Waals surface area contributed by atoms with E-state index in [4.69, 9.17) is 4.42 Å². The molecule has 1 atom stereocenters. The molecule has 154 valence electrons. The number of aryl methyl sites for hydroxylation is 1. The SMILES string of the molecule is Cc1cc(-c2nc(C(=O)NC3=CC4=CN(C)NC4C=C3N3CCCC3)co2)ccn1. The number of amides is 1. The summed E-state index contributed by atoms with van der Waals surface area (Å²) in [6.07, 6.45) is 11.7. The molecule has 2 aliphatic heterocycles. The first kappa shape index (κ1) is 18.6. The molecule has 4 heterocycles. The number of aromatic nitrogens is 2. The molecule has 0 spiro atoms. The van der Waals surface area contributed by atoms with E-state index in [-0.39, 0.29) is 17.6 Å². The van der Waals surface area contributed by atoms with E-state index in [9.17, 15) is 4.79 Å². The molecule has 0 aromatic carbocycles. The Kier molecular flexibility index (Phi) is 4.63. The van der Waals surface area contributed by atoms with Crippen molar-refractivity contribution < 1.29 is 9.21 Å². The molecule has 1 aliphatic carbocycles. The van der Waals surface area contributed by atoms with Gasteiger partial charge in [0.1, 0.15) is 6.26 Å². The zero-order valence-electron chi connectivity index (χ0n) is 17.1. The van der Waals surface area contributed by atoms with Crippen molar-refractivity contribution in [2.24, 2.45) is 0 Å². The summed E-state index contributed by atoms with van der Waals surface area (Å²) in [5, 5.41) is 5.00. The maximum Gasteiger partial charge on any atom is 0.277 e. The molecule has 30 heavy (non-hydrogen) atoms. The zero-order valence-corrected chi connectivity index (χ0v) is 17.1. The minimum absolute atomic E-state index is 0.125. The van der Waals surface area contributed by atoms with Gasteiger partial charge < -0.3 is 19.6 Å². The molecule has 0 saturated carbocycles. The van der Waals surface area contributed by atoms with Crippen LogP contribution in [0.2, 0.25) is 0 Å². The lowest BCUT2D eigenvalue weighted by molar-refractivity contribution is 0.0960. The van der Waals surface area contributed by atoms with E-state index in [0.717, 1.165) is 54.2 Å². The zero-order chi connectivity index (χ0) is 20.7. The lowest BCUT2D eigenvalue weighted by Crippen LogP contribution is -2.37. The van der Waals surface area contributed by atoms with Crippen molar-refractivity contribution in [1.29, 1.82) is 0 Å². The number of oxazole rings is 1. The molecular weight excluding hydrogens is 380 g/mol. The van der Waals surface area contributed by atoms with Gasteiger partial charge in [0, 0.05) is 43.8 Å². The number of nitrogens with zero attached hydrogens (tertiary/aromatic N) is 4. The molecule has 0 radical (unpaired) electrons. The predicted octanol–water partition coefficient (Wildman–Crippen LogP) is 2.35. The quantitative estimate of drug-likeness (QED) is 0.809. The molecule has 1 unspecified atom stereocenters. The fourth-order valence-electron chi connectivity index (χ4n) is 4.09. The summed E-state index contributed by atoms with van der Waals surface area (Å²) in [5.41, 5.74) is 8.26. The highest BCUT2D eigenvalue weighted by atomic mass is 16.3. The van der Waals surface area contributed by atoms with Crippen molar-refractivity contribution in [2.45, 2.75) is 25.8 Å². The van der Waals surface area contributed by atoms with Crippen LogP contribution in [0.25, 0.3) is 11.5 Å². The Labute approximate surface area is 174 Å². The molecule has 2 aromatic rings. The van der Waals surface area contributed by atoms with Crippen LogP contribution in [0, 0.1) is 6.92 Å². The van der Waals surface area contributed by atoms with E-state index in [2.05, 4.69) is 31.7 Å². The number of hydrazine groups is 1. The molecule has 3 aliphatic rings. The van der Waals surface area contributed by atoms with Gasteiger partial charge in [-0.05, 0) is 49.6 Å². The summed E-state index contributed by atoms with van der Waals surface area (Å²) in [7, 11) is 1.97. The van der Waals surface area contributed by atoms with Gasteiger partial charge in [-0.25, -0.2) is 10.4 Å². The third kappa shape index (κ3) is 3.50. The Hall–Kier alpha value is -3.39. The molecule has 0 bridgehead atoms. The molecule has 5 rings (SSSR count). The number of carbonyl (C=O) groups excluding carboxylic acids is 1. The molecular formula is C22H24N6O2. The number of pyridine rings is 1. The van der Waals surface area contributed by atoms with Crippen molar-refractivity contribution >= 4 is 5.91 Å². The van der Waals surface area contributed by atoms with Crippen LogP contribution in [0.5, 0.6) is 0 Å². The summed E-state index contributed by atoms with van der Waals surface area (Å²) in [4.78, 5) is 23.9. The highest BCUT2D eigenvalue weighted by Gasteiger charge is 2.29. The first-order valence-corrected chi connectivity index (χ1v) is 10.2. The van der Waals surface area contributed by atoms with Gasteiger partial charge in [0.25, 0.3) is 5.91 Å². The molecule has 8 heteroatoms. The Morgan fingerprint density at radius 1 is 1.33 bits per heavy atom. The van der Waals surface area contributed by atoms with Gasteiger partial charge in [-0.15, -0.1) is 0 Å². The molecule has 1 saturated heterocycles. The van der Waals surface area contributed by atoms with Gasteiger partial charge in [0.05, 0.1) is 17.4 Å². The van der Waals surface area contributed by atoms with E-state index in [0.29, 0.717) is 5.89 Å². The van der Waals surface area contributed by atoms with Crippen molar-refractivity contribution in [3.8, 4) is 11.5 Å². The maximum atomic E-state index is 13.0. The van der Waals surface area contributed by atoms with E-state index in [1.807, 2.05) is 43.4 Å². The number of rotatable bonds is 4. The van der Waals surface area contributed by atoms with Crippen LogP contribution in [0.1, 0.15) is 29.0 Å². The van der Waals surface area contributed by atoms with Crippen molar-refractivity contribution in [3.63, 3.8) is 0 Å². The number of carbonyl (C=O) groups is 1. The summed E-state index contributed by atoms with van der Waals surface area (Å²) in [6, 6.07) is 3.82. The highest BCUT2D eigenvalue weighted by Crippen LogP contribution is 2.29. The van der Waals surface area contributed by atoms with Gasteiger partial charge in [0.2, 0.25) is 5.89 Å². The first-order chi connectivity index (χ1) is 14.6. The van der Waals surface area contributed by atoms with Gasteiger partial charge in [-0.1, -0.05) is 0 Å². The smallest absolute Gasteiger partial charge is 0.277 e. The lowest BCUT2D eigenvalue weighted by atomic mass is 9.99. The fraction of sp³-hybridized carbons (Fsp3) is 0.318. The summed E-state index contributed by atoms with van der Waals surface area (Å²) < 4.78 is 5.55. The summed E-state index contributed by atoms with van der Waals surface area (Å²) in [5.74, 6) is 0.119. The largest absolute Gasteiger partial charge is 0.444 e. The van der Waals surface area contributed by atoms with Gasteiger partial charge >= 0.3 is 0 Å². The van der Waals surface area contributed by atoms with Gasteiger partial charge in [0.15, 0.2) is 5.69 Å². The Morgan fingerprint density at radius 3 is 2.97 bits per heavy atom. The standard InChI is InChI=1S/C22H24N6O2/c1-14-9-15(5-6-23-14)22-25-19(13-30-22)21(29)24-18-10-16-12-27(2)26-17(16)11-20(18)28-7-3-4-8-28/h5-6,9-13,17,26H,3-4,7-8H2,1-2H3,(H,24,29). The Morgan fingerprint density at radius 2 is 2.17 bits per heavy atom. The van der Waals surface area contributed by atoms with Crippen LogP contribution in [-0.2, 0) is 0 Å². The third-order valence-electron chi connectivity index (χ3n) is 5.53. The molecule has 8 nitrogen and oxygen atoms in total. The average Bonchev–Trinajstić information content (AvgIpc) is 3.47. The van der Waals surface area contributed by atoms with E-state index in [1.54, 1.807) is 6.20 Å². The lowest BCUT2D eigenvalue weighted by Gasteiger charge is -2.29. The fourth-order valence-corrected chi connectivity index (χ4v) is 4.09. The third-order valence-corrected chi connectivity index (χ3v) is 5.53. The van der Waals surface area contributed by atoms with Crippen LogP contribution in [0.15, 0.2) is 64.3 Å². The summed E-state index contributed by atoms with van der Waals surface area (Å²) >= 11 is 0. The Bertz CT molecular complexity index is 1080. The highest BCUT2D eigenvalue weighted by molar-refractivity contribution is 5.94. The minimum Gasteiger partial charge on any atom is -0.444 e. The van der Waals surface area contributed by atoms with Crippen LogP contribution >= 0.6 is 0 Å². The molecule has 2 aromatic heterocycles. The first-order valence-electron chi connectivity index (χ1n) is 10.2. The topological polar surface area (TPSA) is 86.5 Å². The van der Waals surface area contributed by atoms with Gasteiger partial charge in [-0.2, -0.15) is 0 Å². The number of fused-ring (bicyclic) bond motifs is 1. The van der Waals surface area contributed by atoms with Crippen LogP contribution in [-0.4, -0.2) is 52.0 Å². The van der Waals surface area contributed by atoms with Crippen molar-refractivity contribution in [2.75, 3.05) is 20.1 Å². The number of hydrogen-bond donors (Lipinski definition) is 2. The number of nitrogens with one attached hydrogen (secondary N) is 2. The number of hydrogen-bond acceptors (Lipinski definition) is 7. The summed E-state index contributed by atoms with van der Waals surface area (Å²) in [6.45, 7) is 3.89. The van der Waals surface area contributed by atoms with E-state index < -0.39 is 0 Å². The molecule has 2 N–H and O–H groups in total. The average molecular weight is 404 g/mol. The minimum atomic E-state index is -0.287. The van der Waals surface area contributed by atoms with Crippen LogP contribution < -0.4 is 10.7 Å². The van der Waals surface area contributed by atoms with Crippen molar-refractivity contribution in [1.82, 2.24) is 30.6 Å². The van der Waals surface area contributed by atoms with E-state index in [1.165, 1.54) is 6.26 Å². The van der Waals surface area contributed by atoms with Crippen LogP contribution in [0.3, 0.4) is 0 Å². The van der Waals surface area contributed by atoms with Crippen LogP contribution in [0.4, 0.5) is 0 Å². The predicted molar refractivity (Wildman–Crippen MR) is 112 cm³/mol. The maximum absolute atomic E-state index is 13.0. The second-order valence-corrected chi connectivity index (χ2v) is 7.83. The molecule has 1 fully saturated rings.